The molecule has 0 bridgehead atoms. The number of carbonyl (C=O) groups excluding carboxylic acids is 1. The Labute approximate surface area is 168 Å². The first kappa shape index (κ1) is 20.3. The molecule has 0 saturated carbocycles. The van der Waals surface area contributed by atoms with Crippen LogP contribution in [0.15, 0.2) is 47.6 Å². The molecule has 9 heteroatoms. The van der Waals surface area contributed by atoms with Crippen LogP contribution in [-0.2, 0) is 4.74 Å². The van der Waals surface area contributed by atoms with E-state index in [9.17, 15) is 14.9 Å². The van der Waals surface area contributed by atoms with Gasteiger partial charge in [-0.25, -0.2) is 5.43 Å². The zero-order valence-corrected chi connectivity index (χ0v) is 16.4. The van der Waals surface area contributed by atoms with E-state index in [2.05, 4.69) is 10.5 Å². The first-order valence-electron chi connectivity index (χ1n) is 9.17. The molecule has 0 spiro atoms. The summed E-state index contributed by atoms with van der Waals surface area (Å²) >= 11 is 0. The number of carbonyl (C=O) groups is 1. The Hall–Kier alpha value is -3.46. The number of amides is 1. The maximum atomic E-state index is 12.3. The molecular formula is C20H23N5O4. The number of nitro benzene ring substituents is 1. The Morgan fingerprint density at radius 3 is 2.69 bits per heavy atom. The number of nitrogens with one attached hydrogen (secondary N) is 1. The standard InChI is InChI=1S/C20H23N5O4/c1-23(2)17-5-3-4-16(13-17)20(26)22-21-14-15-6-7-18(19(12-15)25(27)28)24-8-10-29-11-9-24/h3-7,12-14H,8-11H2,1-2H3,(H,22,26)/b21-14-. The first-order chi connectivity index (χ1) is 14.0. The summed E-state index contributed by atoms with van der Waals surface area (Å²) in [5, 5.41) is 15.4. The number of ether oxygens (including phenoxy) is 1. The Balaban J connectivity index is 1.71. The third kappa shape index (κ3) is 5.08. The van der Waals surface area contributed by atoms with E-state index >= 15 is 0 Å². The van der Waals surface area contributed by atoms with E-state index in [-0.39, 0.29) is 11.6 Å². The summed E-state index contributed by atoms with van der Waals surface area (Å²) in [5.74, 6) is -0.357. The molecule has 9 nitrogen and oxygen atoms in total. The Bertz CT molecular complexity index is 923. The second-order valence-corrected chi connectivity index (χ2v) is 6.75. The highest BCUT2D eigenvalue weighted by molar-refractivity contribution is 5.95. The molecule has 2 aromatic carbocycles. The molecule has 1 N–H and O–H groups in total. The van der Waals surface area contributed by atoms with Crippen LogP contribution in [0.25, 0.3) is 0 Å². The number of rotatable bonds is 6. The molecule has 2 aromatic rings. The highest BCUT2D eigenvalue weighted by atomic mass is 16.6. The number of anilines is 2. The van der Waals surface area contributed by atoms with Crippen LogP contribution in [0, 0.1) is 10.1 Å². The fourth-order valence-corrected chi connectivity index (χ4v) is 2.99. The molecule has 0 aromatic heterocycles. The fourth-order valence-electron chi connectivity index (χ4n) is 2.99. The van der Waals surface area contributed by atoms with Crippen molar-refractivity contribution in [3.8, 4) is 0 Å². The van der Waals surface area contributed by atoms with E-state index in [0.717, 1.165) is 5.69 Å². The van der Waals surface area contributed by atoms with Crippen molar-refractivity contribution in [1.82, 2.24) is 5.43 Å². The van der Waals surface area contributed by atoms with Crippen molar-refractivity contribution in [2.75, 3.05) is 50.2 Å². The van der Waals surface area contributed by atoms with Gasteiger partial charge in [0.25, 0.3) is 11.6 Å². The van der Waals surface area contributed by atoms with Gasteiger partial charge >= 0.3 is 0 Å². The monoisotopic (exact) mass is 397 g/mol. The van der Waals surface area contributed by atoms with E-state index in [0.29, 0.717) is 43.1 Å². The zero-order chi connectivity index (χ0) is 20.8. The maximum Gasteiger partial charge on any atom is 0.293 e. The van der Waals surface area contributed by atoms with Crippen LogP contribution in [0.2, 0.25) is 0 Å². The summed E-state index contributed by atoms with van der Waals surface area (Å²) in [7, 11) is 3.78. The van der Waals surface area contributed by atoms with Crippen molar-refractivity contribution < 1.29 is 14.5 Å². The van der Waals surface area contributed by atoms with Gasteiger partial charge in [-0.05, 0) is 24.3 Å². The van der Waals surface area contributed by atoms with Gasteiger partial charge in [0, 0.05) is 50.1 Å². The van der Waals surface area contributed by atoms with E-state index < -0.39 is 4.92 Å². The van der Waals surface area contributed by atoms with E-state index in [1.165, 1.54) is 12.3 Å². The molecular weight excluding hydrogens is 374 g/mol. The molecule has 0 atom stereocenters. The minimum Gasteiger partial charge on any atom is -0.378 e. The molecule has 0 unspecified atom stereocenters. The van der Waals surface area contributed by atoms with Crippen molar-refractivity contribution in [1.29, 1.82) is 0 Å². The van der Waals surface area contributed by atoms with Crippen LogP contribution in [0.3, 0.4) is 0 Å². The van der Waals surface area contributed by atoms with Gasteiger partial charge in [0.1, 0.15) is 5.69 Å². The minimum absolute atomic E-state index is 0.000797. The number of hydrogen-bond acceptors (Lipinski definition) is 7. The lowest BCUT2D eigenvalue weighted by molar-refractivity contribution is -0.384. The summed E-state index contributed by atoms with van der Waals surface area (Å²) in [6.45, 7) is 2.30. The molecule has 0 radical (unpaired) electrons. The van der Waals surface area contributed by atoms with Crippen LogP contribution in [0.4, 0.5) is 17.1 Å². The molecule has 1 aliphatic heterocycles. The highest BCUT2D eigenvalue weighted by Crippen LogP contribution is 2.29. The highest BCUT2D eigenvalue weighted by Gasteiger charge is 2.21. The Morgan fingerprint density at radius 1 is 1.24 bits per heavy atom. The SMILES string of the molecule is CN(C)c1cccc(C(=O)N/N=C\c2ccc(N3CCOCC3)c([N+](=O)[O-])c2)c1. The van der Waals surface area contributed by atoms with Crippen molar-refractivity contribution in [2.24, 2.45) is 5.10 Å². The molecule has 1 aliphatic rings. The van der Waals surface area contributed by atoms with Gasteiger partial charge < -0.3 is 14.5 Å². The van der Waals surface area contributed by atoms with Crippen LogP contribution >= 0.6 is 0 Å². The second-order valence-electron chi connectivity index (χ2n) is 6.75. The van der Waals surface area contributed by atoms with Gasteiger partial charge in [0.2, 0.25) is 0 Å². The van der Waals surface area contributed by atoms with E-state index in [4.69, 9.17) is 4.74 Å². The number of benzene rings is 2. The first-order valence-corrected chi connectivity index (χ1v) is 9.17. The number of hydrazone groups is 1. The van der Waals surface area contributed by atoms with Gasteiger partial charge in [-0.2, -0.15) is 5.10 Å². The summed E-state index contributed by atoms with van der Waals surface area (Å²) in [4.78, 5) is 27.2. The molecule has 1 amide bonds. The summed E-state index contributed by atoms with van der Waals surface area (Å²) < 4.78 is 5.30. The predicted molar refractivity (Wildman–Crippen MR) is 112 cm³/mol. The molecule has 29 heavy (non-hydrogen) atoms. The lowest BCUT2D eigenvalue weighted by Gasteiger charge is -2.28. The summed E-state index contributed by atoms with van der Waals surface area (Å²) in [5.41, 5.74) is 4.91. The molecule has 1 saturated heterocycles. The number of morpholine rings is 1. The normalized spacial score (nSPS) is 14.1. The molecule has 1 heterocycles. The quantitative estimate of drug-likeness (QED) is 0.456. The number of hydrogen-bond donors (Lipinski definition) is 1. The van der Waals surface area contributed by atoms with Crippen LogP contribution in [-0.4, -0.2) is 57.4 Å². The van der Waals surface area contributed by atoms with E-state index in [1.54, 1.807) is 30.3 Å². The lowest BCUT2D eigenvalue weighted by Crippen LogP contribution is -2.36. The van der Waals surface area contributed by atoms with Gasteiger partial charge in [-0.1, -0.05) is 12.1 Å². The molecule has 1 fully saturated rings. The average molecular weight is 397 g/mol. The van der Waals surface area contributed by atoms with Crippen molar-refractivity contribution in [2.45, 2.75) is 0 Å². The van der Waals surface area contributed by atoms with Gasteiger partial charge in [-0.15, -0.1) is 0 Å². The Morgan fingerprint density at radius 2 is 2.00 bits per heavy atom. The molecule has 152 valence electrons. The molecule has 0 aliphatic carbocycles. The second kappa shape index (κ2) is 9.16. The number of nitrogens with zero attached hydrogens (tertiary/aromatic N) is 4. The van der Waals surface area contributed by atoms with Crippen LogP contribution in [0.5, 0.6) is 0 Å². The summed E-state index contributed by atoms with van der Waals surface area (Å²) in [6.07, 6.45) is 1.39. The topological polar surface area (TPSA) is 100 Å². The third-order valence-corrected chi connectivity index (χ3v) is 4.55. The minimum atomic E-state index is -0.409. The smallest absolute Gasteiger partial charge is 0.293 e. The maximum absolute atomic E-state index is 12.3. The van der Waals surface area contributed by atoms with Crippen molar-refractivity contribution in [3.05, 3.63) is 63.7 Å². The zero-order valence-electron chi connectivity index (χ0n) is 16.4. The van der Waals surface area contributed by atoms with Gasteiger partial charge in [-0.3, -0.25) is 14.9 Å². The van der Waals surface area contributed by atoms with Crippen LogP contribution < -0.4 is 15.2 Å². The average Bonchev–Trinajstić information content (AvgIpc) is 2.74. The van der Waals surface area contributed by atoms with Crippen LogP contribution in [0.1, 0.15) is 15.9 Å². The predicted octanol–water partition coefficient (Wildman–Crippen LogP) is 2.26. The largest absolute Gasteiger partial charge is 0.378 e. The third-order valence-electron chi connectivity index (χ3n) is 4.55. The fraction of sp³-hybridized carbons (Fsp3) is 0.300. The molecule has 3 rings (SSSR count). The van der Waals surface area contributed by atoms with E-state index in [1.807, 2.05) is 30.0 Å². The van der Waals surface area contributed by atoms with Crippen molar-refractivity contribution in [3.63, 3.8) is 0 Å². The van der Waals surface area contributed by atoms with Crippen molar-refractivity contribution >= 4 is 29.2 Å². The van der Waals surface area contributed by atoms with Gasteiger partial charge in [0.15, 0.2) is 0 Å². The Kier molecular flexibility index (Phi) is 6.40. The summed E-state index contributed by atoms with van der Waals surface area (Å²) in [6, 6.07) is 12.0. The number of nitro groups is 1. The van der Waals surface area contributed by atoms with Gasteiger partial charge in [0.05, 0.1) is 24.4 Å². The lowest BCUT2D eigenvalue weighted by atomic mass is 10.1.